The minimum absolute atomic E-state index is 0.0773. The molecule has 1 unspecified atom stereocenters. The summed E-state index contributed by atoms with van der Waals surface area (Å²) in [6.45, 7) is 3.89. The van der Waals surface area contributed by atoms with Crippen LogP contribution in [-0.4, -0.2) is 61.6 Å². The van der Waals surface area contributed by atoms with Gasteiger partial charge in [-0.2, -0.15) is 13.2 Å². The zero-order valence-electron chi connectivity index (χ0n) is 22.0. The molecule has 0 saturated carbocycles. The van der Waals surface area contributed by atoms with Crippen LogP contribution in [0.15, 0.2) is 60.3 Å². The van der Waals surface area contributed by atoms with E-state index in [-0.39, 0.29) is 31.4 Å². The molecule has 4 rings (SSSR count). The zero-order valence-corrected chi connectivity index (χ0v) is 22.0. The van der Waals surface area contributed by atoms with Crippen LogP contribution in [0.2, 0.25) is 0 Å². The highest BCUT2D eigenvalue weighted by atomic mass is 19.4. The lowest BCUT2D eigenvalue weighted by molar-refractivity contribution is -0.137. The molecule has 2 aliphatic heterocycles. The van der Waals surface area contributed by atoms with Crippen LogP contribution in [0.5, 0.6) is 5.75 Å². The van der Waals surface area contributed by atoms with Crippen LogP contribution in [0.3, 0.4) is 0 Å². The summed E-state index contributed by atoms with van der Waals surface area (Å²) in [5.41, 5.74) is 1.52. The van der Waals surface area contributed by atoms with Gasteiger partial charge in [-0.15, -0.1) is 0 Å². The molecule has 0 spiro atoms. The Morgan fingerprint density at radius 3 is 2.67 bits per heavy atom. The van der Waals surface area contributed by atoms with Crippen molar-refractivity contribution in [2.24, 2.45) is 0 Å². The van der Waals surface area contributed by atoms with Gasteiger partial charge in [0, 0.05) is 25.3 Å². The van der Waals surface area contributed by atoms with E-state index in [0.29, 0.717) is 25.2 Å². The maximum Gasteiger partial charge on any atom is 0.416 e. The molecule has 10 heteroatoms. The van der Waals surface area contributed by atoms with Crippen molar-refractivity contribution in [2.75, 3.05) is 32.8 Å². The third-order valence-corrected chi connectivity index (χ3v) is 7.07. The van der Waals surface area contributed by atoms with Gasteiger partial charge in [0.05, 0.1) is 18.2 Å². The third kappa shape index (κ3) is 7.75. The first-order chi connectivity index (χ1) is 18.7. The number of hydrogen-bond donors (Lipinski definition) is 3. The van der Waals surface area contributed by atoms with E-state index < -0.39 is 23.8 Å². The number of nitrogens with one attached hydrogen (secondary N) is 3. The molecule has 3 N–H and O–H groups in total. The van der Waals surface area contributed by atoms with Crippen molar-refractivity contribution >= 4 is 11.8 Å². The van der Waals surface area contributed by atoms with Crippen LogP contribution in [0.25, 0.3) is 0 Å². The number of carbonyl (C=O) groups excluding carboxylic acids is 2. The number of nitrogens with zero attached hydrogens (tertiary/aromatic N) is 1. The summed E-state index contributed by atoms with van der Waals surface area (Å²) in [5.74, 6) is 0.313. The second kappa shape index (κ2) is 13.0. The summed E-state index contributed by atoms with van der Waals surface area (Å²) in [5, 5.41) is 9.10. The lowest BCUT2D eigenvalue weighted by Gasteiger charge is -2.29. The van der Waals surface area contributed by atoms with E-state index in [1.54, 1.807) is 6.07 Å². The summed E-state index contributed by atoms with van der Waals surface area (Å²) >= 11 is 0. The lowest BCUT2D eigenvalue weighted by atomic mass is 10.0. The number of amides is 2. The highest BCUT2D eigenvalue weighted by Crippen LogP contribution is 2.30. The van der Waals surface area contributed by atoms with E-state index in [1.807, 2.05) is 42.2 Å². The lowest BCUT2D eigenvalue weighted by Crippen LogP contribution is -2.49. The van der Waals surface area contributed by atoms with Gasteiger partial charge in [0.1, 0.15) is 18.4 Å². The van der Waals surface area contributed by atoms with E-state index in [0.717, 1.165) is 48.4 Å². The summed E-state index contributed by atoms with van der Waals surface area (Å²) < 4.78 is 45.8. The Kier molecular flexibility index (Phi) is 9.50. The number of ether oxygens (including phenoxy) is 1. The van der Waals surface area contributed by atoms with Gasteiger partial charge in [-0.05, 0) is 55.9 Å². The van der Waals surface area contributed by atoms with E-state index in [2.05, 4.69) is 16.0 Å². The van der Waals surface area contributed by atoms with Gasteiger partial charge in [0.2, 0.25) is 11.8 Å². The van der Waals surface area contributed by atoms with Crippen molar-refractivity contribution in [3.05, 3.63) is 77.0 Å². The maximum absolute atomic E-state index is 13.3. The Hall–Kier alpha value is -3.53. The van der Waals surface area contributed by atoms with Crippen LogP contribution >= 0.6 is 0 Å². The first-order valence-corrected chi connectivity index (χ1v) is 13.3. The monoisotopic (exact) mass is 544 g/mol. The van der Waals surface area contributed by atoms with Crippen molar-refractivity contribution < 1.29 is 27.5 Å². The Morgan fingerprint density at radius 2 is 1.85 bits per heavy atom. The molecule has 2 aliphatic rings. The molecule has 0 radical (unpaired) electrons. The number of carbonyl (C=O) groups is 2. The Labute approximate surface area is 226 Å². The van der Waals surface area contributed by atoms with Crippen LogP contribution in [0.1, 0.15) is 36.5 Å². The minimum Gasteiger partial charge on any atom is -0.492 e. The fourth-order valence-corrected chi connectivity index (χ4v) is 4.94. The number of hydrogen-bond acceptors (Lipinski definition) is 5. The molecular formula is C29H35F3N4O3. The van der Waals surface area contributed by atoms with Gasteiger partial charge in [-0.1, -0.05) is 42.5 Å². The fourth-order valence-electron chi connectivity index (χ4n) is 4.94. The molecule has 0 aliphatic carbocycles. The molecule has 0 aromatic heterocycles. The highest BCUT2D eigenvalue weighted by molar-refractivity contribution is 5.83. The largest absolute Gasteiger partial charge is 0.492 e. The second-order valence-corrected chi connectivity index (χ2v) is 9.83. The van der Waals surface area contributed by atoms with Crippen molar-refractivity contribution in [3.63, 3.8) is 0 Å². The first-order valence-electron chi connectivity index (χ1n) is 13.3. The standard InChI is InChI=1S/C29H35F3N4O3/c1-20-27(37)34-13-5-9-22-8-2-3-12-26(22)39-16-14-33-25(28(38)35-19-24-11-6-15-36(20)24)18-21-7-4-10-23(17-21)29(30,31)32/h2-4,7-8,10-12,17,20,25,33H,5-6,9,13-16,18-19H2,1H3,(H,34,37)(H,35,38)/t20?,25-/m1/s1. The maximum atomic E-state index is 13.3. The summed E-state index contributed by atoms with van der Waals surface area (Å²) in [6.07, 6.45) is -0.131. The number of fused-ring (bicyclic) bond motifs is 2. The van der Waals surface area contributed by atoms with Gasteiger partial charge < -0.3 is 25.6 Å². The molecule has 7 nitrogen and oxygen atoms in total. The van der Waals surface area contributed by atoms with E-state index >= 15 is 0 Å². The number of benzene rings is 2. The van der Waals surface area contributed by atoms with Crippen molar-refractivity contribution in [1.82, 2.24) is 20.9 Å². The van der Waals surface area contributed by atoms with Gasteiger partial charge in [-0.25, -0.2) is 0 Å². The SMILES string of the molecule is CC1C(=O)NCCCc2ccccc2OCCN[C@H](Cc2cccc(C(F)(F)F)c2)C(=O)NCC2=CCCN21. The van der Waals surface area contributed by atoms with Gasteiger partial charge in [-0.3, -0.25) is 9.59 Å². The third-order valence-electron chi connectivity index (χ3n) is 7.07. The molecule has 2 amide bonds. The number of para-hydroxylation sites is 1. The number of halogens is 3. The molecule has 39 heavy (non-hydrogen) atoms. The molecule has 2 aromatic rings. The topological polar surface area (TPSA) is 82.7 Å². The Morgan fingerprint density at radius 1 is 1.03 bits per heavy atom. The van der Waals surface area contributed by atoms with Crippen LogP contribution in [-0.2, 0) is 28.6 Å². The minimum atomic E-state index is -4.47. The Balaban J connectivity index is 1.53. The molecule has 2 heterocycles. The van der Waals surface area contributed by atoms with Crippen LogP contribution in [0, 0.1) is 0 Å². The zero-order chi connectivity index (χ0) is 27.8. The summed E-state index contributed by atoms with van der Waals surface area (Å²) in [6, 6.07) is 11.5. The number of aryl methyl sites for hydroxylation is 1. The summed E-state index contributed by atoms with van der Waals surface area (Å²) in [7, 11) is 0. The fraction of sp³-hybridized carbons (Fsp3) is 0.448. The first kappa shape index (κ1) is 28.5. The molecule has 0 bridgehead atoms. The molecule has 0 fully saturated rings. The van der Waals surface area contributed by atoms with Crippen molar-refractivity contribution in [1.29, 1.82) is 0 Å². The number of alkyl halides is 3. The van der Waals surface area contributed by atoms with Crippen LogP contribution in [0.4, 0.5) is 13.2 Å². The Bertz CT molecular complexity index is 1180. The average Bonchev–Trinajstić information content (AvgIpc) is 3.39. The van der Waals surface area contributed by atoms with Gasteiger partial charge >= 0.3 is 6.18 Å². The highest BCUT2D eigenvalue weighted by Gasteiger charge is 2.31. The molecule has 2 atom stereocenters. The van der Waals surface area contributed by atoms with E-state index in [4.69, 9.17) is 4.74 Å². The number of rotatable bonds is 2. The quantitative estimate of drug-likeness (QED) is 0.540. The molecule has 2 aromatic carbocycles. The molecule has 0 saturated heterocycles. The second-order valence-electron chi connectivity index (χ2n) is 9.83. The summed E-state index contributed by atoms with van der Waals surface area (Å²) in [4.78, 5) is 28.1. The van der Waals surface area contributed by atoms with E-state index in [1.165, 1.54) is 6.07 Å². The predicted molar refractivity (Wildman–Crippen MR) is 142 cm³/mol. The average molecular weight is 545 g/mol. The van der Waals surface area contributed by atoms with Crippen molar-refractivity contribution in [2.45, 2.75) is 50.9 Å². The van der Waals surface area contributed by atoms with Crippen molar-refractivity contribution in [3.8, 4) is 5.75 Å². The van der Waals surface area contributed by atoms with Gasteiger partial charge in [0.15, 0.2) is 0 Å². The predicted octanol–water partition coefficient (Wildman–Crippen LogP) is 3.44. The van der Waals surface area contributed by atoms with E-state index in [9.17, 15) is 22.8 Å². The molecule has 210 valence electrons. The smallest absolute Gasteiger partial charge is 0.416 e. The van der Waals surface area contributed by atoms with Crippen LogP contribution < -0.4 is 20.7 Å². The van der Waals surface area contributed by atoms with Gasteiger partial charge in [0.25, 0.3) is 0 Å². The normalized spacial score (nSPS) is 21.8. The molecular weight excluding hydrogens is 509 g/mol.